The number of carbonyl (C=O) groups excluding carboxylic acids is 1. The molecule has 0 aromatic carbocycles. The summed E-state index contributed by atoms with van der Waals surface area (Å²) in [5.41, 5.74) is 7.08. The van der Waals surface area contributed by atoms with Gasteiger partial charge >= 0.3 is 5.97 Å². The molecule has 0 aliphatic rings. The van der Waals surface area contributed by atoms with Crippen LogP contribution in [0.2, 0.25) is 16.6 Å². The van der Waals surface area contributed by atoms with Crippen molar-refractivity contribution >= 4 is 20.1 Å². The van der Waals surface area contributed by atoms with E-state index in [1.165, 1.54) is 7.11 Å². The summed E-state index contributed by atoms with van der Waals surface area (Å²) < 4.78 is 4.84. The normalized spacial score (nSPS) is 12.4. The Balaban J connectivity index is 2.61. The van der Waals surface area contributed by atoms with Gasteiger partial charge in [0.25, 0.3) is 0 Å². The Morgan fingerprint density at radius 2 is 1.64 bits per heavy atom. The molecule has 0 unspecified atom stereocenters. The summed E-state index contributed by atoms with van der Waals surface area (Å²) in [6.45, 7) is 14.1. The zero-order chi connectivity index (χ0) is 20.9. The van der Waals surface area contributed by atoms with Crippen molar-refractivity contribution < 1.29 is 9.53 Å². The number of nitrogens with zero attached hydrogens (tertiary/aromatic N) is 2. The highest BCUT2D eigenvalue weighted by molar-refractivity contribution is 6.88. The molecule has 2 aromatic heterocycles. The van der Waals surface area contributed by atoms with Gasteiger partial charge in [0.05, 0.1) is 26.6 Å². The second-order valence-corrected chi connectivity index (χ2v) is 13.9. The van der Waals surface area contributed by atoms with E-state index in [1.54, 1.807) is 12.3 Å². The average Bonchev–Trinajstić information content (AvgIpc) is 2.67. The number of hydrogen-bond donors (Lipinski definition) is 0. The lowest BCUT2D eigenvalue weighted by Gasteiger charge is -2.40. The maximum Gasteiger partial charge on any atom is 0.356 e. The summed E-state index contributed by atoms with van der Waals surface area (Å²) in [7, 11) is -0.330. The van der Waals surface area contributed by atoms with Gasteiger partial charge in [0.2, 0.25) is 0 Å². The lowest BCUT2D eigenvalue weighted by atomic mass is 10.1. The first kappa shape index (κ1) is 22.0. The van der Waals surface area contributed by atoms with Gasteiger partial charge in [-0.15, -0.1) is 0 Å². The van der Waals surface area contributed by atoms with Crippen LogP contribution in [0.1, 0.15) is 57.6 Å². The third-order valence-electron chi connectivity index (χ3n) is 5.78. The highest BCUT2D eigenvalue weighted by Gasteiger charge is 2.40. The molecule has 0 radical (unpaired) electrons. The first-order chi connectivity index (χ1) is 13.2. The number of ether oxygens (including phenoxy) is 1. The molecule has 2 rings (SSSR count). The highest BCUT2D eigenvalue weighted by atomic mass is 28.3. The van der Waals surface area contributed by atoms with Crippen LogP contribution in [0, 0.1) is 0 Å². The summed E-state index contributed by atoms with van der Waals surface area (Å²) in [5.74, 6) is -0.442. The highest BCUT2D eigenvalue weighted by Crippen LogP contribution is 2.43. The van der Waals surface area contributed by atoms with Crippen LogP contribution in [0.4, 0.5) is 0 Å². The van der Waals surface area contributed by atoms with Crippen molar-refractivity contribution in [2.75, 3.05) is 7.11 Å². The Bertz CT molecular complexity index is 808. The van der Waals surface area contributed by atoms with Crippen LogP contribution in [-0.4, -0.2) is 31.1 Å². The van der Waals surface area contributed by atoms with Crippen molar-refractivity contribution in [1.29, 1.82) is 0 Å². The van der Waals surface area contributed by atoms with Gasteiger partial charge in [-0.2, -0.15) is 0 Å². The second kappa shape index (κ2) is 9.28. The molecule has 2 heterocycles. The Hall–Kier alpha value is -2.27. The smallest absolute Gasteiger partial charge is 0.356 e. The Labute approximate surface area is 170 Å². The van der Waals surface area contributed by atoms with Crippen molar-refractivity contribution in [2.45, 2.75) is 58.2 Å². The zero-order valence-corrected chi connectivity index (χ0v) is 19.1. The molecule has 0 saturated heterocycles. The molecule has 0 atom stereocenters. The van der Waals surface area contributed by atoms with Crippen LogP contribution >= 0.6 is 0 Å². The van der Waals surface area contributed by atoms with E-state index in [0.717, 1.165) is 11.3 Å². The lowest BCUT2D eigenvalue weighted by Crippen LogP contribution is -2.42. The van der Waals surface area contributed by atoms with Gasteiger partial charge in [-0.25, -0.2) is 9.78 Å². The molecule has 0 aliphatic heterocycles. The first-order valence-corrected chi connectivity index (χ1v) is 12.2. The van der Waals surface area contributed by atoms with Gasteiger partial charge in [-0.3, -0.25) is 4.98 Å². The molecule has 150 valence electrons. The SMILES string of the molecule is COC(=O)c1ccc(/C=C/[Si](C(C)C)(C(C)C)C(C)C)c(-c2ccccn2)n1. The molecule has 4 nitrogen and oxygen atoms in total. The van der Waals surface area contributed by atoms with Gasteiger partial charge in [-0.1, -0.05) is 65.5 Å². The van der Waals surface area contributed by atoms with E-state index in [4.69, 9.17) is 4.74 Å². The van der Waals surface area contributed by atoms with Crippen LogP contribution in [0.15, 0.2) is 42.2 Å². The van der Waals surface area contributed by atoms with Gasteiger partial charge in [-0.05, 0) is 34.8 Å². The molecule has 2 aromatic rings. The van der Waals surface area contributed by atoms with Crippen molar-refractivity contribution in [3.63, 3.8) is 0 Å². The van der Waals surface area contributed by atoms with E-state index in [-0.39, 0.29) is 0 Å². The maximum absolute atomic E-state index is 12.0. The van der Waals surface area contributed by atoms with E-state index in [9.17, 15) is 4.79 Å². The van der Waals surface area contributed by atoms with Crippen LogP contribution in [0.25, 0.3) is 17.5 Å². The van der Waals surface area contributed by atoms with E-state index >= 15 is 0 Å². The zero-order valence-electron chi connectivity index (χ0n) is 18.1. The standard InChI is InChI=1S/C23H32N2O2Si/c1-16(2)28(17(3)4,18(5)6)15-13-19-11-12-21(23(26)27-7)25-22(19)20-10-8-9-14-24-20/h8-18H,1-7H3/b15-13+. The fraction of sp³-hybridized carbons (Fsp3) is 0.435. The number of hydrogen-bond acceptors (Lipinski definition) is 4. The predicted molar refractivity (Wildman–Crippen MR) is 119 cm³/mol. The number of rotatable bonds is 7. The average molecular weight is 397 g/mol. The number of pyridine rings is 2. The van der Waals surface area contributed by atoms with E-state index in [0.29, 0.717) is 28.0 Å². The third kappa shape index (κ3) is 4.41. The molecule has 0 saturated carbocycles. The van der Waals surface area contributed by atoms with E-state index in [2.05, 4.69) is 63.3 Å². The molecule has 0 fully saturated rings. The topological polar surface area (TPSA) is 52.1 Å². The van der Waals surface area contributed by atoms with Crippen LogP contribution in [0.5, 0.6) is 0 Å². The molecule has 28 heavy (non-hydrogen) atoms. The largest absolute Gasteiger partial charge is 0.464 e. The molecule has 0 N–H and O–H groups in total. The number of methoxy groups -OCH3 is 1. The van der Waals surface area contributed by atoms with Gasteiger partial charge in [0.15, 0.2) is 0 Å². The molecule has 0 bridgehead atoms. The molecule has 0 aliphatic carbocycles. The second-order valence-electron chi connectivity index (χ2n) is 8.14. The minimum absolute atomic E-state index is 0.292. The maximum atomic E-state index is 12.0. The van der Waals surface area contributed by atoms with Gasteiger partial charge < -0.3 is 4.74 Å². The summed E-state index contributed by atoms with van der Waals surface area (Å²) >= 11 is 0. The lowest BCUT2D eigenvalue weighted by molar-refractivity contribution is 0.0594. The minimum Gasteiger partial charge on any atom is -0.464 e. The number of esters is 1. The Morgan fingerprint density at radius 1 is 1.00 bits per heavy atom. The summed E-state index contributed by atoms with van der Waals surface area (Å²) in [6, 6.07) is 9.38. The summed E-state index contributed by atoms with van der Waals surface area (Å²) in [5, 5.41) is 0. The molecule has 5 heteroatoms. The van der Waals surface area contributed by atoms with Gasteiger partial charge in [0, 0.05) is 11.8 Å². The van der Waals surface area contributed by atoms with Crippen LogP contribution < -0.4 is 0 Å². The van der Waals surface area contributed by atoms with Crippen molar-refractivity contribution in [3.05, 3.63) is 53.5 Å². The van der Waals surface area contributed by atoms with Crippen molar-refractivity contribution in [1.82, 2.24) is 9.97 Å². The van der Waals surface area contributed by atoms with Gasteiger partial charge in [0.1, 0.15) is 5.69 Å². The number of carbonyl (C=O) groups is 1. The molecular formula is C23H32N2O2Si. The predicted octanol–water partition coefficient (Wildman–Crippen LogP) is 6.16. The number of aromatic nitrogens is 2. The van der Waals surface area contributed by atoms with E-state index < -0.39 is 14.0 Å². The summed E-state index contributed by atoms with van der Waals surface area (Å²) in [4.78, 5) is 21.0. The molecule has 0 spiro atoms. The third-order valence-corrected chi connectivity index (χ3v) is 12.5. The monoisotopic (exact) mass is 396 g/mol. The summed E-state index contributed by atoms with van der Waals surface area (Å²) in [6.07, 6.45) is 3.94. The first-order valence-electron chi connectivity index (χ1n) is 9.94. The Morgan fingerprint density at radius 3 is 2.14 bits per heavy atom. The fourth-order valence-corrected chi connectivity index (χ4v) is 9.97. The quantitative estimate of drug-likeness (QED) is 0.415. The van der Waals surface area contributed by atoms with Crippen LogP contribution in [0.3, 0.4) is 0 Å². The van der Waals surface area contributed by atoms with E-state index in [1.807, 2.05) is 24.3 Å². The van der Waals surface area contributed by atoms with Crippen LogP contribution in [-0.2, 0) is 4.74 Å². The van der Waals surface area contributed by atoms with Crippen molar-refractivity contribution in [3.8, 4) is 11.4 Å². The van der Waals surface area contributed by atoms with Crippen molar-refractivity contribution in [2.24, 2.45) is 0 Å². The molecule has 0 amide bonds. The Kier molecular flexibility index (Phi) is 7.30. The minimum atomic E-state index is -1.70. The fourth-order valence-electron chi connectivity index (χ4n) is 4.34. The molecular weight excluding hydrogens is 364 g/mol.